The first-order valence-electron chi connectivity index (χ1n) is 7.85. The number of anilines is 1. The summed E-state index contributed by atoms with van der Waals surface area (Å²) in [5.74, 6) is -3.23. The number of esters is 1. The molecule has 1 aliphatic carbocycles. The molecular weight excluding hydrogens is 348 g/mol. The molecule has 2 amide bonds. The minimum Gasteiger partial charge on any atom is -0.481 e. The molecule has 0 bridgehead atoms. The van der Waals surface area contributed by atoms with Gasteiger partial charge in [0.15, 0.2) is 0 Å². The van der Waals surface area contributed by atoms with Crippen molar-refractivity contribution in [1.29, 1.82) is 0 Å². The van der Waals surface area contributed by atoms with Crippen LogP contribution < -0.4 is 5.32 Å². The Hall–Kier alpha value is -2.42. The van der Waals surface area contributed by atoms with Crippen LogP contribution in [-0.2, 0) is 32.1 Å². The van der Waals surface area contributed by atoms with Crippen LogP contribution in [0.3, 0.4) is 0 Å². The Morgan fingerprint density at radius 3 is 2.56 bits per heavy atom. The number of amides is 2. The maximum absolute atomic E-state index is 12.3. The fourth-order valence-corrected chi connectivity index (χ4v) is 4.29. The quantitative estimate of drug-likeness (QED) is 0.772. The number of thiophene rings is 1. The monoisotopic (exact) mass is 366 g/mol. The van der Waals surface area contributed by atoms with E-state index in [-0.39, 0.29) is 5.91 Å². The van der Waals surface area contributed by atoms with Crippen LogP contribution in [0.1, 0.15) is 34.1 Å². The lowest BCUT2D eigenvalue weighted by atomic mass is 10.0. The number of hydrogen-bond donors (Lipinski definition) is 2. The zero-order chi connectivity index (χ0) is 18.3. The minimum absolute atomic E-state index is 0.0495. The van der Waals surface area contributed by atoms with Crippen LogP contribution in [0.15, 0.2) is 0 Å². The maximum Gasteiger partial charge on any atom is 0.341 e. The fourth-order valence-electron chi connectivity index (χ4n) is 3.04. The third-order valence-electron chi connectivity index (χ3n) is 4.57. The standard InChI is InChI=1S/C16H18N2O6S/c1-7(19)18-4-3-8-11(6-18)25-14(12(8)16(23)24-2)17-13(20)9-5-10(9)15(21)22/h9-10H,3-6H2,1-2H3,(H,17,20)(H,21,22). The van der Waals surface area contributed by atoms with Crippen molar-refractivity contribution >= 4 is 40.1 Å². The number of carbonyl (C=O) groups is 4. The summed E-state index contributed by atoms with van der Waals surface area (Å²) in [5, 5.41) is 12.0. The van der Waals surface area contributed by atoms with Crippen LogP contribution in [-0.4, -0.2) is 47.4 Å². The smallest absolute Gasteiger partial charge is 0.341 e. The number of fused-ring (bicyclic) bond motifs is 1. The van der Waals surface area contributed by atoms with Crippen molar-refractivity contribution in [3.05, 3.63) is 16.0 Å². The normalized spacial score (nSPS) is 21.3. The lowest BCUT2D eigenvalue weighted by Crippen LogP contribution is -2.33. The van der Waals surface area contributed by atoms with Crippen LogP contribution >= 0.6 is 11.3 Å². The number of methoxy groups -OCH3 is 1. The molecule has 25 heavy (non-hydrogen) atoms. The Balaban J connectivity index is 1.86. The van der Waals surface area contributed by atoms with Gasteiger partial charge in [0.05, 0.1) is 31.1 Å². The van der Waals surface area contributed by atoms with Gasteiger partial charge in [0.1, 0.15) is 5.00 Å². The van der Waals surface area contributed by atoms with Crippen LogP contribution in [0.2, 0.25) is 0 Å². The molecule has 0 saturated heterocycles. The second kappa shape index (κ2) is 6.47. The van der Waals surface area contributed by atoms with E-state index in [1.165, 1.54) is 25.4 Å². The Morgan fingerprint density at radius 1 is 1.28 bits per heavy atom. The molecule has 1 saturated carbocycles. The molecule has 9 heteroatoms. The van der Waals surface area contributed by atoms with Crippen molar-refractivity contribution in [2.24, 2.45) is 11.8 Å². The first-order valence-corrected chi connectivity index (χ1v) is 8.67. The number of rotatable bonds is 4. The molecule has 0 spiro atoms. The molecule has 3 rings (SSSR count). The average molecular weight is 366 g/mol. The van der Waals surface area contributed by atoms with Crippen LogP contribution in [0.4, 0.5) is 5.00 Å². The van der Waals surface area contributed by atoms with E-state index >= 15 is 0 Å². The highest BCUT2D eigenvalue weighted by Gasteiger charge is 2.48. The van der Waals surface area contributed by atoms with E-state index in [2.05, 4.69) is 5.32 Å². The third kappa shape index (κ3) is 3.23. The molecule has 0 radical (unpaired) electrons. The lowest BCUT2D eigenvalue weighted by Gasteiger charge is -2.25. The second-order valence-electron chi connectivity index (χ2n) is 6.17. The predicted molar refractivity (Wildman–Crippen MR) is 88.3 cm³/mol. The van der Waals surface area contributed by atoms with Gasteiger partial charge in [0, 0.05) is 18.3 Å². The summed E-state index contributed by atoms with van der Waals surface area (Å²) >= 11 is 1.24. The van der Waals surface area contributed by atoms with E-state index in [4.69, 9.17) is 9.84 Å². The summed E-state index contributed by atoms with van der Waals surface area (Å²) in [5.41, 5.74) is 1.10. The number of nitrogens with one attached hydrogen (secondary N) is 1. The molecule has 134 valence electrons. The summed E-state index contributed by atoms with van der Waals surface area (Å²) in [6.07, 6.45) is 0.810. The first kappa shape index (κ1) is 17.4. The molecule has 1 aliphatic heterocycles. The molecule has 1 fully saturated rings. The highest BCUT2D eigenvalue weighted by atomic mass is 32.1. The number of aliphatic carboxylic acids is 1. The number of nitrogens with zero attached hydrogens (tertiary/aromatic N) is 1. The SMILES string of the molecule is COC(=O)c1c(NC(=O)C2CC2C(=O)O)sc2c1CCN(C(C)=O)C2. The molecule has 2 N–H and O–H groups in total. The summed E-state index contributed by atoms with van der Waals surface area (Å²) < 4.78 is 4.83. The summed E-state index contributed by atoms with van der Waals surface area (Å²) in [4.78, 5) is 49.4. The Kier molecular flexibility index (Phi) is 4.51. The molecule has 1 aromatic heterocycles. The number of carboxylic acids is 1. The molecule has 8 nitrogen and oxygen atoms in total. The van der Waals surface area contributed by atoms with Crippen molar-refractivity contribution in [1.82, 2.24) is 4.90 Å². The van der Waals surface area contributed by atoms with Crippen LogP contribution in [0.5, 0.6) is 0 Å². The van der Waals surface area contributed by atoms with Crippen molar-refractivity contribution < 1.29 is 29.0 Å². The number of ether oxygens (including phenoxy) is 1. The summed E-state index contributed by atoms with van der Waals surface area (Å²) in [7, 11) is 1.27. The van der Waals surface area contributed by atoms with E-state index in [1.807, 2.05) is 0 Å². The third-order valence-corrected chi connectivity index (χ3v) is 5.71. The Bertz CT molecular complexity index is 771. The maximum atomic E-state index is 12.3. The van der Waals surface area contributed by atoms with Gasteiger partial charge in [0.2, 0.25) is 11.8 Å². The first-order chi connectivity index (χ1) is 11.8. The second-order valence-corrected chi connectivity index (χ2v) is 7.27. The molecule has 1 aromatic rings. The minimum atomic E-state index is -0.990. The molecule has 2 unspecified atom stereocenters. The van der Waals surface area contributed by atoms with Crippen LogP contribution in [0.25, 0.3) is 0 Å². The molecule has 2 heterocycles. The highest BCUT2D eigenvalue weighted by molar-refractivity contribution is 7.17. The van der Waals surface area contributed by atoms with Gasteiger partial charge in [-0.1, -0.05) is 0 Å². The van der Waals surface area contributed by atoms with Gasteiger partial charge in [-0.3, -0.25) is 14.4 Å². The van der Waals surface area contributed by atoms with Gasteiger partial charge < -0.3 is 20.1 Å². The zero-order valence-electron chi connectivity index (χ0n) is 13.8. The van der Waals surface area contributed by atoms with E-state index in [0.717, 1.165) is 10.4 Å². The molecule has 2 atom stereocenters. The van der Waals surface area contributed by atoms with Gasteiger partial charge >= 0.3 is 11.9 Å². The number of carboxylic acid groups (broad SMARTS) is 1. The largest absolute Gasteiger partial charge is 0.481 e. The van der Waals surface area contributed by atoms with E-state index in [9.17, 15) is 19.2 Å². The van der Waals surface area contributed by atoms with Gasteiger partial charge in [-0.2, -0.15) is 0 Å². The van der Waals surface area contributed by atoms with Gasteiger partial charge in [0.25, 0.3) is 0 Å². The Morgan fingerprint density at radius 2 is 2.00 bits per heavy atom. The van der Waals surface area contributed by atoms with Crippen molar-refractivity contribution in [3.63, 3.8) is 0 Å². The fraction of sp³-hybridized carbons (Fsp3) is 0.500. The van der Waals surface area contributed by atoms with Crippen LogP contribution in [0, 0.1) is 11.8 Å². The van der Waals surface area contributed by atoms with E-state index < -0.39 is 29.7 Å². The van der Waals surface area contributed by atoms with E-state index in [0.29, 0.717) is 36.5 Å². The number of carbonyl (C=O) groups excluding carboxylic acids is 3. The molecular formula is C16H18N2O6S. The van der Waals surface area contributed by atoms with Crippen molar-refractivity contribution in [2.75, 3.05) is 19.0 Å². The average Bonchev–Trinajstić information content (AvgIpc) is 3.30. The highest BCUT2D eigenvalue weighted by Crippen LogP contribution is 2.42. The lowest BCUT2D eigenvalue weighted by molar-refractivity contribution is -0.139. The number of hydrogen-bond acceptors (Lipinski definition) is 6. The topological polar surface area (TPSA) is 113 Å². The molecule has 2 aliphatic rings. The van der Waals surface area contributed by atoms with E-state index in [1.54, 1.807) is 4.90 Å². The summed E-state index contributed by atoms with van der Waals surface area (Å²) in [6, 6.07) is 0. The van der Waals surface area contributed by atoms with Crippen molar-refractivity contribution in [3.8, 4) is 0 Å². The summed E-state index contributed by atoms with van der Waals surface area (Å²) in [6.45, 7) is 2.37. The predicted octanol–water partition coefficient (Wildman–Crippen LogP) is 1.10. The van der Waals surface area contributed by atoms with Gasteiger partial charge in [-0.05, 0) is 18.4 Å². The van der Waals surface area contributed by atoms with Gasteiger partial charge in [-0.25, -0.2) is 4.79 Å². The van der Waals surface area contributed by atoms with Gasteiger partial charge in [-0.15, -0.1) is 11.3 Å². The Labute approximate surface area is 147 Å². The zero-order valence-corrected chi connectivity index (χ0v) is 14.6. The van der Waals surface area contributed by atoms with Crippen molar-refractivity contribution in [2.45, 2.75) is 26.3 Å². The molecule has 0 aromatic carbocycles.